The second-order valence-corrected chi connectivity index (χ2v) is 5.13. The molecule has 0 aromatic heterocycles. The second kappa shape index (κ2) is 5.54. The zero-order valence-corrected chi connectivity index (χ0v) is 11.2. The quantitative estimate of drug-likeness (QED) is 0.792. The lowest BCUT2D eigenvalue weighted by Gasteiger charge is -2.20. The summed E-state index contributed by atoms with van der Waals surface area (Å²) in [5, 5.41) is 0. The number of nitrogens with zero attached hydrogens (tertiary/aromatic N) is 1. The number of hydrogen-bond donors (Lipinski definition) is 0. The average Bonchev–Trinajstić information content (AvgIpc) is 2.69. The van der Waals surface area contributed by atoms with Crippen molar-refractivity contribution in [2.24, 2.45) is 0 Å². The van der Waals surface area contributed by atoms with E-state index in [1.54, 1.807) is 0 Å². The molecule has 94 valence electrons. The Balaban J connectivity index is 1.86. The SMILES string of the molecule is Cc1cccc(C)c1OCCC1CCCN1C. The lowest BCUT2D eigenvalue weighted by molar-refractivity contribution is 0.232. The molecule has 2 rings (SSSR count). The van der Waals surface area contributed by atoms with Crippen LogP contribution < -0.4 is 4.74 Å². The fourth-order valence-electron chi connectivity index (χ4n) is 2.67. The van der Waals surface area contributed by atoms with Crippen molar-refractivity contribution in [2.45, 2.75) is 39.2 Å². The highest BCUT2D eigenvalue weighted by molar-refractivity contribution is 5.39. The molecule has 0 radical (unpaired) electrons. The van der Waals surface area contributed by atoms with Crippen molar-refractivity contribution in [1.29, 1.82) is 0 Å². The Hall–Kier alpha value is -1.02. The molecule has 1 saturated heterocycles. The van der Waals surface area contributed by atoms with E-state index in [4.69, 9.17) is 4.74 Å². The number of hydrogen-bond acceptors (Lipinski definition) is 2. The van der Waals surface area contributed by atoms with Crippen molar-refractivity contribution in [3.8, 4) is 5.75 Å². The highest BCUT2D eigenvalue weighted by Gasteiger charge is 2.20. The Kier molecular flexibility index (Phi) is 4.06. The van der Waals surface area contributed by atoms with Gasteiger partial charge in [-0.25, -0.2) is 0 Å². The molecule has 1 aromatic carbocycles. The van der Waals surface area contributed by atoms with Crippen molar-refractivity contribution < 1.29 is 4.74 Å². The summed E-state index contributed by atoms with van der Waals surface area (Å²) >= 11 is 0. The molecule has 0 bridgehead atoms. The largest absolute Gasteiger partial charge is 0.493 e. The number of para-hydroxylation sites is 1. The van der Waals surface area contributed by atoms with Gasteiger partial charge in [0.25, 0.3) is 0 Å². The van der Waals surface area contributed by atoms with Crippen LogP contribution in [0, 0.1) is 13.8 Å². The van der Waals surface area contributed by atoms with Gasteiger partial charge in [-0.3, -0.25) is 0 Å². The van der Waals surface area contributed by atoms with Crippen LogP contribution >= 0.6 is 0 Å². The molecular formula is C15H23NO. The molecule has 2 nitrogen and oxygen atoms in total. The first-order valence-electron chi connectivity index (χ1n) is 6.57. The monoisotopic (exact) mass is 233 g/mol. The summed E-state index contributed by atoms with van der Waals surface area (Å²) in [6.07, 6.45) is 3.81. The maximum absolute atomic E-state index is 5.95. The standard InChI is InChI=1S/C15H23NO/c1-12-6-4-7-13(2)15(12)17-11-9-14-8-5-10-16(14)3/h4,6-7,14H,5,8-11H2,1-3H3. The van der Waals surface area contributed by atoms with E-state index in [-0.39, 0.29) is 0 Å². The van der Waals surface area contributed by atoms with Crippen molar-refractivity contribution >= 4 is 0 Å². The summed E-state index contributed by atoms with van der Waals surface area (Å²) in [5.74, 6) is 1.08. The van der Waals surface area contributed by atoms with Crippen LogP contribution in [-0.4, -0.2) is 31.1 Å². The predicted molar refractivity (Wildman–Crippen MR) is 71.7 cm³/mol. The maximum atomic E-state index is 5.95. The van der Waals surface area contributed by atoms with Gasteiger partial charge in [0.15, 0.2) is 0 Å². The van der Waals surface area contributed by atoms with Gasteiger partial charge < -0.3 is 9.64 Å². The Morgan fingerprint density at radius 3 is 2.59 bits per heavy atom. The van der Waals surface area contributed by atoms with Gasteiger partial charge in [-0.1, -0.05) is 18.2 Å². The van der Waals surface area contributed by atoms with Gasteiger partial charge in [0.2, 0.25) is 0 Å². The number of rotatable bonds is 4. The van der Waals surface area contributed by atoms with E-state index in [0.717, 1.165) is 24.8 Å². The van der Waals surface area contributed by atoms with E-state index < -0.39 is 0 Å². The average molecular weight is 233 g/mol. The zero-order valence-electron chi connectivity index (χ0n) is 11.2. The topological polar surface area (TPSA) is 12.5 Å². The van der Waals surface area contributed by atoms with E-state index >= 15 is 0 Å². The summed E-state index contributed by atoms with van der Waals surface area (Å²) < 4.78 is 5.95. The number of likely N-dealkylation sites (tertiary alicyclic amines) is 1. The molecule has 1 aromatic rings. The Morgan fingerprint density at radius 2 is 2.00 bits per heavy atom. The van der Waals surface area contributed by atoms with E-state index in [1.165, 1.54) is 30.5 Å². The minimum absolute atomic E-state index is 0.722. The molecule has 0 saturated carbocycles. The zero-order chi connectivity index (χ0) is 12.3. The van der Waals surface area contributed by atoms with Crippen LogP contribution in [0.5, 0.6) is 5.75 Å². The first-order valence-corrected chi connectivity index (χ1v) is 6.57. The van der Waals surface area contributed by atoms with Gasteiger partial charge in [0, 0.05) is 6.04 Å². The van der Waals surface area contributed by atoms with Crippen LogP contribution in [-0.2, 0) is 0 Å². The lowest BCUT2D eigenvalue weighted by Crippen LogP contribution is -2.26. The molecule has 0 amide bonds. The molecule has 1 unspecified atom stereocenters. The number of aryl methyl sites for hydroxylation is 2. The van der Waals surface area contributed by atoms with Gasteiger partial charge in [-0.2, -0.15) is 0 Å². The maximum Gasteiger partial charge on any atom is 0.125 e. The molecule has 1 fully saturated rings. The first kappa shape index (κ1) is 12.4. The normalized spacial score (nSPS) is 20.8. The predicted octanol–water partition coefficient (Wildman–Crippen LogP) is 3.17. The molecule has 2 heteroatoms. The van der Waals surface area contributed by atoms with E-state index in [0.29, 0.717) is 0 Å². The smallest absolute Gasteiger partial charge is 0.125 e. The van der Waals surface area contributed by atoms with Crippen molar-refractivity contribution in [2.75, 3.05) is 20.2 Å². The Labute approximate surface area is 105 Å². The van der Waals surface area contributed by atoms with Gasteiger partial charge in [-0.15, -0.1) is 0 Å². The molecule has 0 N–H and O–H groups in total. The van der Waals surface area contributed by atoms with Crippen LogP contribution in [0.25, 0.3) is 0 Å². The summed E-state index contributed by atoms with van der Waals surface area (Å²) in [6.45, 7) is 6.31. The molecule has 0 aliphatic carbocycles. The number of benzene rings is 1. The fourth-order valence-corrected chi connectivity index (χ4v) is 2.67. The minimum Gasteiger partial charge on any atom is -0.493 e. The summed E-state index contributed by atoms with van der Waals surface area (Å²) in [7, 11) is 2.22. The van der Waals surface area contributed by atoms with Crippen LogP contribution in [0.4, 0.5) is 0 Å². The highest BCUT2D eigenvalue weighted by Crippen LogP contribution is 2.23. The first-order chi connectivity index (χ1) is 8.18. The van der Waals surface area contributed by atoms with Gasteiger partial charge in [-0.05, 0) is 57.8 Å². The minimum atomic E-state index is 0.722. The molecule has 0 spiro atoms. The third-order valence-electron chi connectivity index (χ3n) is 3.78. The molecule has 17 heavy (non-hydrogen) atoms. The van der Waals surface area contributed by atoms with Crippen LogP contribution in [0.1, 0.15) is 30.4 Å². The summed E-state index contributed by atoms with van der Waals surface area (Å²) in [6, 6.07) is 7.04. The number of ether oxygens (including phenoxy) is 1. The Bertz CT molecular complexity index is 355. The van der Waals surface area contributed by atoms with Crippen LogP contribution in [0.2, 0.25) is 0 Å². The third-order valence-corrected chi connectivity index (χ3v) is 3.78. The molecular weight excluding hydrogens is 210 g/mol. The van der Waals surface area contributed by atoms with Crippen LogP contribution in [0.3, 0.4) is 0 Å². The molecule has 1 atom stereocenters. The molecule has 1 heterocycles. The molecule has 1 aliphatic rings. The Morgan fingerprint density at radius 1 is 1.29 bits per heavy atom. The van der Waals surface area contributed by atoms with E-state index in [2.05, 4.69) is 44.0 Å². The van der Waals surface area contributed by atoms with Gasteiger partial charge in [0.1, 0.15) is 5.75 Å². The fraction of sp³-hybridized carbons (Fsp3) is 0.600. The van der Waals surface area contributed by atoms with E-state index in [1.807, 2.05) is 0 Å². The van der Waals surface area contributed by atoms with Crippen molar-refractivity contribution in [1.82, 2.24) is 4.90 Å². The molecule has 1 aliphatic heterocycles. The van der Waals surface area contributed by atoms with Crippen molar-refractivity contribution in [3.05, 3.63) is 29.3 Å². The highest BCUT2D eigenvalue weighted by atomic mass is 16.5. The van der Waals surface area contributed by atoms with Crippen LogP contribution in [0.15, 0.2) is 18.2 Å². The van der Waals surface area contributed by atoms with E-state index in [9.17, 15) is 0 Å². The summed E-state index contributed by atoms with van der Waals surface area (Å²) in [4.78, 5) is 2.45. The third kappa shape index (κ3) is 3.01. The van der Waals surface area contributed by atoms with Gasteiger partial charge >= 0.3 is 0 Å². The second-order valence-electron chi connectivity index (χ2n) is 5.13. The lowest BCUT2D eigenvalue weighted by atomic mass is 10.1. The van der Waals surface area contributed by atoms with Gasteiger partial charge in [0.05, 0.1) is 6.61 Å². The summed E-state index contributed by atoms with van der Waals surface area (Å²) in [5.41, 5.74) is 2.48. The van der Waals surface area contributed by atoms with Crippen molar-refractivity contribution in [3.63, 3.8) is 0 Å².